The topological polar surface area (TPSA) is 96.4 Å². The van der Waals surface area contributed by atoms with E-state index < -0.39 is 34.1 Å². The first-order chi connectivity index (χ1) is 25.0. The van der Waals surface area contributed by atoms with Gasteiger partial charge in [-0.15, -0.1) is 0 Å². The van der Waals surface area contributed by atoms with Gasteiger partial charge in [-0.3, -0.25) is 14.6 Å². The van der Waals surface area contributed by atoms with Gasteiger partial charge in [-0.25, -0.2) is 8.42 Å². The Morgan fingerprint density at radius 2 is 1.25 bits per heavy atom. The lowest BCUT2D eigenvalue weighted by atomic mass is 10.0. The van der Waals surface area contributed by atoms with Gasteiger partial charge in [0.2, 0.25) is 15.9 Å². The quantitative estimate of drug-likeness (QED) is 0.128. The molecule has 1 heterocycles. The van der Waals surface area contributed by atoms with Crippen LogP contribution in [0.5, 0.6) is 0 Å². The molecule has 0 fully saturated rings. The van der Waals surface area contributed by atoms with Crippen molar-refractivity contribution in [2.45, 2.75) is 30.6 Å². The Bertz CT molecular complexity index is 2260. The summed E-state index contributed by atoms with van der Waals surface area (Å²) in [5, 5.41) is 2.66. The van der Waals surface area contributed by atoms with Crippen LogP contribution >= 0.6 is 0 Å². The fourth-order valence-corrected chi connectivity index (χ4v) is 7.14. The van der Waals surface area contributed by atoms with E-state index in [2.05, 4.69) is 10.3 Å². The van der Waals surface area contributed by atoms with Gasteiger partial charge < -0.3 is 5.32 Å². The molecule has 0 saturated heterocycles. The lowest BCUT2D eigenvalue weighted by molar-refractivity contribution is -0.138. The van der Waals surface area contributed by atoms with Crippen LogP contribution in [0.3, 0.4) is 0 Å². The van der Waals surface area contributed by atoms with Crippen LogP contribution in [0.2, 0.25) is 0 Å². The molecular formula is C41H32F3N3O4S. The number of benzene rings is 5. The number of pyridine rings is 1. The smallest absolute Gasteiger partial charge is 0.326 e. The van der Waals surface area contributed by atoms with Crippen molar-refractivity contribution >= 4 is 27.9 Å². The second kappa shape index (κ2) is 15.5. The van der Waals surface area contributed by atoms with Gasteiger partial charge in [0.05, 0.1) is 16.9 Å². The number of alkyl halides is 3. The fourth-order valence-electron chi connectivity index (χ4n) is 5.73. The molecule has 0 spiro atoms. The molecule has 262 valence electrons. The Labute approximate surface area is 299 Å². The van der Waals surface area contributed by atoms with Crippen molar-refractivity contribution in [3.8, 4) is 22.3 Å². The van der Waals surface area contributed by atoms with Gasteiger partial charge >= 0.3 is 6.18 Å². The van der Waals surface area contributed by atoms with Gasteiger partial charge in [-0.1, -0.05) is 97.1 Å². The molecule has 0 aliphatic rings. The highest BCUT2D eigenvalue weighted by molar-refractivity contribution is 7.89. The standard InChI is InChI=1S/C41H32F3N3O4S/c42-41(43,44)39-6-2-1-5-36(39)24-40(49)46-37-19-15-34(16-20-37)32-11-7-29(8-12-32)26-47(27-31-4-3-23-45-25-31)52(50,51)38-21-17-35(18-22-38)33-13-9-30(28-48)10-14-33/h1-23,25,28H,24,26-27H2,(H,46,49). The summed E-state index contributed by atoms with van der Waals surface area (Å²) in [6.45, 7) is 0.191. The summed E-state index contributed by atoms with van der Waals surface area (Å²) in [5.41, 5.74) is 4.87. The van der Waals surface area contributed by atoms with Crippen molar-refractivity contribution < 1.29 is 31.2 Å². The van der Waals surface area contributed by atoms with E-state index in [4.69, 9.17) is 0 Å². The first-order valence-electron chi connectivity index (χ1n) is 16.2. The molecule has 1 amide bonds. The van der Waals surface area contributed by atoms with Crippen LogP contribution in [0.4, 0.5) is 18.9 Å². The number of sulfonamides is 1. The Kier molecular flexibility index (Phi) is 10.7. The van der Waals surface area contributed by atoms with E-state index in [0.717, 1.165) is 45.7 Å². The second-order valence-electron chi connectivity index (χ2n) is 12.1. The van der Waals surface area contributed by atoms with E-state index in [0.29, 0.717) is 11.3 Å². The second-order valence-corrected chi connectivity index (χ2v) is 14.0. The first kappa shape index (κ1) is 35.9. The zero-order valence-electron chi connectivity index (χ0n) is 27.6. The van der Waals surface area contributed by atoms with Gasteiger partial charge in [0.15, 0.2) is 0 Å². The van der Waals surface area contributed by atoms with Gasteiger partial charge in [-0.2, -0.15) is 17.5 Å². The van der Waals surface area contributed by atoms with Crippen LogP contribution < -0.4 is 5.32 Å². The van der Waals surface area contributed by atoms with Crippen molar-refractivity contribution in [1.82, 2.24) is 9.29 Å². The van der Waals surface area contributed by atoms with E-state index in [9.17, 15) is 31.2 Å². The fraction of sp³-hybridized carbons (Fsp3) is 0.0976. The minimum Gasteiger partial charge on any atom is -0.326 e. The summed E-state index contributed by atoms with van der Waals surface area (Å²) in [7, 11) is -3.94. The zero-order valence-corrected chi connectivity index (χ0v) is 28.4. The number of halogens is 3. The number of anilines is 1. The van der Waals surface area contributed by atoms with E-state index in [1.807, 2.05) is 42.5 Å². The third kappa shape index (κ3) is 8.68. The largest absolute Gasteiger partial charge is 0.416 e. The average Bonchev–Trinajstić information content (AvgIpc) is 3.15. The summed E-state index contributed by atoms with van der Waals surface area (Å²) in [6.07, 6.45) is -0.955. The zero-order chi connectivity index (χ0) is 36.7. The van der Waals surface area contributed by atoms with Crippen molar-refractivity contribution in [2.75, 3.05) is 5.32 Å². The van der Waals surface area contributed by atoms with Gasteiger partial charge in [0.1, 0.15) is 6.29 Å². The minimum absolute atomic E-state index is 0.0921. The summed E-state index contributed by atoms with van der Waals surface area (Å²) in [4.78, 5) is 27.9. The maximum atomic E-state index is 14.0. The Hall–Kier alpha value is -5.91. The molecule has 6 rings (SSSR count). The molecule has 6 aromatic rings. The number of hydrogen-bond acceptors (Lipinski definition) is 5. The molecule has 1 N–H and O–H groups in total. The number of carbonyl (C=O) groups excluding carboxylic acids is 2. The molecular weight excluding hydrogens is 688 g/mol. The molecule has 0 radical (unpaired) electrons. The number of carbonyl (C=O) groups is 2. The summed E-state index contributed by atoms with van der Waals surface area (Å²) in [6, 6.07) is 36.6. The molecule has 7 nitrogen and oxygen atoms in total. The van der Waals surface area contributed by atoms with E-state index in [1.54, 1.807) is 79.1 Å². The number of hydrogen-bond donors (Lipinski definition) is 1. The van der Waals surface area contributed by atoms with Gasteiger partial charge in [0, 0.05) is 36.7 Å². The van der Waals surface area contributed by atoms with Gasteiger partial charge in [0.25, 0.3) is 0 Å². The molecule has 0 aliphatic heterocycles. The maximum Gasteiger partial charge on any atom is 0.416 e. The highest BCUT2D eigenvalue weighted by atomic mass is 32.2. The number of amides is 1. The molecule has 1 aromatic heterocycles. The Morgan fingerprint density at radius 3 is 1.83 bits per heavy atom. The first-order valence-corrected chi connectivity index (χ1v) is 17.6. The minimum atomic E-state index is -4.56. The summed E-state index contributed by atoms with van der Waals surface area (Å²) < 4.78 is 69.5. The Balaban J connectivity index is 1.15. The molecule has 0 aliphatic carbocycles. The Morgan fingerprint density at radius 1 is 0.692 bits per heavy atom. The molecule has 0 atom stereocenters. The van der Waals surface area contributed by atoms with Crippen molar-refractivity contribution in [3.63, 3.8) is 0 Å². The number of nitrogens with zero attached hydrogens (tertiary/aromatic N) is 2. The van der Waals surface area contributed by atoms with Crippen LogP contribution in [0.15, 0.2) is 151 Å². The monoisotopic (exact) mass is 719 g/mol. The lowest BCUT2D eigenvalue weighted by Crippen LogP contribution is -2.30. The van der Waals surface area contributed by atoms with Crippen molar-refractivity contribution in [1.29, 1.82) is 0 Å². The van der Waals surface area contributed by atoms with Crippen molar-refractivity contribution in [2.24, 2.45) is 0 Å². The number of aromatic nitrogens is 1. The van der Waals surface area contributed by atoms with Crippen LogP contribution in [0.25, 0.3) is 22.3 Å². The third-order valence-corrected chi connectivity index (χ3v) is 10.2. The number of nitrogens with one attached hydrogen (secondary N) is 1. The van der Waals surface area contributed by atoms with Crippen LogP contribution in [0.1, 0.15) is 32.6 Å². The SMILES string of the molecule is O=Cc1ccc(-c2ccc(S(=O)(=O)N(Cc3ccc(-c4ccc(NC(=O)Cc5ccccc5C(F)(F)F)cc4)cc3)Cc3cccnc3)cc2)cc1. The van der Waals surface area contributed by atoms with Crippen LogP contribution in [-0.4, -0.2) is 29.9 Å². The molecule has 0 unspecified atom stereocenters. The molecule has 11 heteroatoms. The number of aldehydes is 1. The van der Waals surface area contributed by atoms with Crippen LogP contribution in [-0.2, 0) is 40.5 Å². The predicted molar refractivity (Wildman–Crippen MR) is 194 cm³/mol. The summed E-state index contributed by atoms with van der Waals surface area (Å²) in [5.74, 6) is -0.569. The van der Waals surface area contributed by atoms with E-state index >= 15 is 0 Å². The third-order valence-electron chi connectivity index (χ3n) is 8.44. The van der Waals surface area contributed by atoms with Crippen molar-refractivity contribution in [3.05, 3.63) is 174 Å². The van der Waals surface area contributed by atoms with E-state index in [-0.39, 0.29) is 23.5 Å². The van der Waals surface area contributed by atoms with E-state index in [1.165, 1.54) is 22.5 Å². The predicted octanol–water partition coefficient (Wildman–Crippen LogP) is 8.82. The van der Waals surface area contributed by atoms with Gasteiger partial charge in [-0.05, 0) is 75.3 Å². The lowest BCUT2D eigenvalue weighted by Gasteiger charge is -2.23. The highest BCUT2D eigenvalue weighted by Crippen LogP contribution is 2.32. The normalized spacial score (nSPS) is 11.7. The highest BCUT2D eigenvalue weighted by Gasteiger charge is 2.33. The summed E-state index contributed by atoms with van der Waals surface area (Å²) >= 11 is 0. The average molecular weight is 720 g/mol. The molecule has 0 saturated carbocycles. The number of rotatable bonds is 12. The molecule has 5 aromatic carbocycles. The maximum absolute atomic E-state index is 14.0. The van der Waals surface area contributed by atoms with Crippen LogP contribution in [0, 0.1) is 0 Å². The molecule has 0 bridgehead atoms. The molecule has 52 heavy (non-hydrogen) atoms.